The summed E-state index contributed by atoms with van der Waals surface area (Å²) in [6, 6.07) is -0.959. The molecular weight excluding hydrogens is 526 g/mol. The Bertz CT molecular complexity index is 1180. The molecule has 2 amide bonds. The molecule has 0 aliphatic carbocycles. The topological polar surface area (TPSA) is 172 Å². The number of nitrogens with one attached hydrogen (secondary N) is 1. The van der Waals surface area contributed by atoms with E-state index in [0.717, 1.165) is 11.3 Å². The molecule has 15 heteroatoms. The minimum Gasteiger partial charge on any atom is -0.431 e. The quantitative estimate of drug-likeness (QED) is 0.150. The number of hydrogen-bond donors (Lipinski definition) is 2. The van der Waals surface area contributed by atoms with Crippen LogP contribution in [0.25, 0.3) is 0 Å². The summed E-state index contributed by atoms with van der Waals surface area (Å²) in [7, 11) is 1.27. The van der Waals surface area contributed by atoms with Gasteiger partial charge in [0.1, 0.15) is 29.9 Å². The summed E-state index contributed by atoms with van der Waals surface area (Å²) in [6.45, 7) is 10.2. The first kappa shape index (κ1) is 28.0. The molecule has 2 aliphatic rings. The van der Waals surface area contributed by atoms with Crippen LogP contribution in [-0.2, 0) is 33.4 Å². The minimum atomic E-state index is -1.28. The third kappa shape index (κ3) is 6.22. The number of nitrogen functional groups attached to an aromatic ring is 1. The zero-order chi connectivity index (χ0) is 27.4. The molecule has 0 aromatic carbocycles. The maximum atomic E-state index is 13.1. The van der Waals surface area contributed by atoms with Crippen molar-refractivity contribution in [1.29, 1.82) is 0 Å². The largest absolute Gasteiger partial charge is 0.511 e. The van der Waals surface area contributed by atoms with Gasteiger partial charge in [0.05, 0.1) is 6.10 Å². The number of carbonyl (C=O) groups is 4. The van der Waals surface area contributed by atoms with Crippen LogP contribution in [0.5, 0.6) is 0 Å². The molecule has 1 aromatic rings. The van der Waals surface area contributed by atoms with Gasteiger partial charge in [-0.15, -0.1) is 23.1 Å². The van der Waals surface area contributed by atoms with Crippen LogP contribution in [-0.4, -0.2) is 76.2 Å². The lowest BCUT2D eigenvalue weighted by molar-refractivity contribution is -0.169. The molecule has 1 saturated heterocycles. The van der Waals surface area contributed by atoms with Crippen LogP contribution in [0.4, 0.5) is 9.93 Å². The van der Waals surface area contributed by atoms with E-state index in [1.54, 1.807) is 20.8 Å². The number of hydrogen-bond acceptors (Lipinski definition) is 13. The Morgan fingerprint density at radius 1 is 1.27 bits per heavy atom. The second-order valence-corrected chi connectivity index (χ2v) is 10.2. The lowest BCUT2D eigenvalue weighted by atomic mass is 10.00. The molecule has 0 saturated carbocycles. The van der Waals surface area contributed by atoms with Gasteiger partial charge in [0.2, 0.25) is 6.29 Å². The van der Waals surface area contributed by atoms with Crippen molar-refractivity contribution in [3.05, 3.63) is 34.5 Å². The summed E-state index contributed by atoms with van der Waals surface area (Å²) in [5.41, 5.74) is 6.72. The Labute approximate surface area is 221 Å². The van der Waals surface area contributed by atoms with Crippen molar-refractivity contribution < 1.29 is 38.2 Å². The molecule has 37 heavy (non-hydrogen) atoms. The zero-order valence-corrected chi connectivity index (χ0v) is 22.4. The number of amides is 2. The van der Waals surface area contributed by atoms with E-state index in [2.05, 4.69) is 22.0 Å². The normalized spacial score (nSPS) is 20.0. The fourth-order valence-corrected chi connectivity index (χ4v) is 5.43. The van der Waals surface area contributed by atoms with Crippen molar-refractivity contribution in [2.75, 3.05) is 18.6 Å². The number of esters is 1. The van der Waals surface area contributed by atoms with Crippen LogP contribution in [0.2, 0.25) is 0 Å². The molecule has 3 N–H and O–H groups in total. The molecule has 200 valence electrons. The van der Waals surface area contributed by atoms with Gasteiger partial charge in [0.15, 0.2) is 10.8 Å². The number of fused-ring (bicyclic) bond motifs is 1. The van der Waals surface area contributed by atoms with Gasteiger partial charge in [0.25, 0.3) is 11.8 Å². The van der Waals surface area contributed by atoms with Crippen molar-refractivity contribution in [2.45, 2.75) is 51.5 Å². The second kappa shape index (κ2) is 11.6. The van der Waals surface area contributed by atoms with Crippen LogP contribution >= 0.6 is 23.1 Å². The lowest BCUT2D eigenvalue weighted by Gasteiger charge is -2.49. The first-order valence-electron chi connectivity index (χ1n) is 11.0. The van der Waals surface area contributed by atoms with Crippen LogP contribution in [0.15, 0.2) is 34.0 Å². The number of rotatable bonds is 9. The predicted octanol–water partition coefficient (Wildman–Crippen LogP) is 1.76. The molecule has 3 atom stereocenters. The lowest BCUT2D eigenvalue weighted by Crippen LogP contribution is -2.71. The van der Waals surface area contributed by atoms with Crippen molar-refractivity contribution in [3.63, 3.8) is 0 Å². The summed E-state index contributed by atoms with van der Waals surface area (Å²) in [5.74, 6) is -1.80. The Kier molecular flexibility index (Phi) is 8.81. The third-order valence-corrected chi connectivity index (χ3v) is 6.95. The molecule has 2 aliphatic heterocycles. The number of ether oxygens (including phenoxy) is 3. The number of nitrogens with two attached hydrogens (primary N) is 1. The predicted molar refractivity (Wildman–Crippen MR) is 135 cm³/mol. The van der Waals surface area contributed by atoms with Gasteiger partial charge in [-0.2, -0.15) is 0 Å². The van der Waals surface area contributed by atoms with E-state index in [9.17, 15) is 19.2 Å². The second-order valence-electron chi connectivity index (χ2n) is 8.17. The highest BCUT2D eigenvalue weighted by Crippen LogP contribution is 2.42. The third-order valence-electron chi connectivity index (χ3n) is 4.99. The van der Waals surface area contributed by atoms with E-state index in [-0.39, 0.29) is 22.2 Å². The number of oxime groups is 1. The highest BCUT2D eigenvalue weighted by molar-refractivity contribution is 8.00. The Morgan fingerprint density at radius 3 is 2.54 bits per heavy atom. The summed E-state index contributed by atoms with van der Waals surface area (Å²) in [4.78, 5) is 60.9. The molecular formula is C22H27N5O8S2. The number of carbonyl (C=O) groups excluding carboxylic acids is 4. The van der Waals surface area contributed by atoms with Gasteiger partial charge in [-0.3, -0.25) is 14.5 Å². The summed E-state index contributed by atoms with van der Waals surface area (Å²) in [5, 5.41) is 7.51. The van der Waals surface area contributed by atoms with Gasteiger partial charge in [-0.25, -0.2) is 14.6 Å². The average molecular weight is 554 g/mol. The van der Waals surface area contributed by atoms with E-state index >= 15 is 0 Å². The van der Waals surface area contributed by atoms with Crippen LogP contribution in [0, 0.1) is 0 Å². The average Bonchev–Trinajstić information content (AvgIpc) is 3.24. The highest BCUT2D eigenvalue weighted by Gasteiger charge is 2.55. The van der Waals surface area contributed by atoms with E-state index in [1.807, 2.05) is 0 Å². The highest BCUT2D eigenvalue weighted by atomic mass is 32.2. The number of nitrogens with zero attached hydrogens (tertiary/aromatic N) is 3. The molecule has 1 aromatic heterocycles. The van der Waals surface area contributed by atoms with Gasteiger partial charge in [-0.1, -0.05) is 17.3 Å². The maximum Gasteiger partial charge on any atom is 0.511 e. The molecule has 3 heterocycles. The number of anilines is 1. The fourth-order valence-electron chi connectivity index (χ4n) is 3.42. The fraction of sp³-hybridized carbons (Fsp3) is 0.455. The van der Waals surface area contributed by atoms with Crippen molar-refractivity contribution in [2.24, 2.45) is 5.16 Å². The number of aromatic nitrogens is 1. The molecule has 0 bridgehead atoms. The number of β-lactam (4-membered cyclic amide) rings is 1. The molecule has 3 rings (SSSR count). The van der Waals surface area contributed by atoms with Crippen molar-refractivity contribution in [3.8, 4) is 0 Å². The molecule has 13 nitrogen and oxygen atoms in total. The smallest absolute Gasteiger partial charge is 0.431 e. The minimum absolute atomic E-state index is 0.0301. The maximum absolute atomic E-state index is 13.1. The SMILES string of the molecule is C=C(C)C1=C(C(=O)O[C@H](C)OC(=O)OC(C)C)N2C(=O)[C@@H](NC(=O)/C(=N\OC)c3csc(N)n3)[C@H]2SC1. The summed E-state index contributed by atoms with van der Waals surface area (Å²) < 4.78 is 15.1. The first-order chi connectivity index (χ1) is 17.4. The Morgan fingerprint density at radius 2 is 1.97 bits per heavy atom. The van der Waals surface area contributed by atoms with Crippen LogP contribution < -0.4 is 11.1 Å². The van der Waals surface area contributed by atoms with E-state index in [1.165, 1.54) is 36.1 Å². The van der Waals surface area contributed by atoms with E-state index in [4.69, 9.17) is 24.8 Å². The molecule has 0 spiro atoms. The molecule has 1 fully saturated rings. The monoisotopic (exact) mass is 553 g/mol. The summed E-state index contributed by atoms with van der Waals surface area (Å²) >= 11 is 2.46. The Balaban J connectivity index is 1.76. The van der Waals surface area contributed by atoms with Gasteiger partial charge in [0, 0.05) is 18.1 Å². The van der Waals surface area contributed by atoms with Crippen LogP contribution in [0.1, 0.15) is 33.4 Å². The number of thioether (sulfide) groups is 1. The Hall–Kier alpha value is -3.59. The van der Waals surface area contributed by atoms with Crippen molar-refractivity contribution in [1.82, 2.24) is 15.2 Å². The van der Waals surface area contributed by atoms with Crippen molar-refractivity contribution >= 4 is 57.9 Å². The summed E-state index contributed by atoms with van der Waals surface area (Å²) in [6.07, 6.45) is -2.70. The van der Waals surface area contributed by atoms with Gasteiger partial charge in [-0.05, 0) is 26.3 Å². The van der Waals surface area contributed by atoms with Crippen LogP contribution in [0.3, 0.4) is 0 Å². The number of allylic oxidation sites excluding steroid dienone is 1. The van der Waals surface area contributed by atoms with Gasteiger partial charge >= 0.3 is 12.1 Å². The standard InChI is InChI=1S/C22H27N5O8S2/c1-9(2)12-7-36-19-15(25-17(28)14(26-32-6)13-8-37-21(23)24-13)18(29)27(19)16(12)20(30)34-11(5)35-22(31)33-10(3)4/h8,10-11,15,19H,1,7H2,2-6H3,(H2,23,24)(H,25,28)/b26-14-/t11-,15+,19+/m0/s1. The first-order valence-corrected chi connectivity index (χ1v) is 12.9. The zero-order valence-electron chi connectivity index (χ0n) is 20.8. The molecule has 0 radical (unpaired) electrons. The van der Waals surface area contributed by atoms with E-state index < -0.39 is 47.7 Å². The van der Waals surface area contributed by atoms with Gasteiger partial charge < -0.3 is 30.1 Å². The van der Waals surface area contributed by atoms with E-state index in [0.29, 0.717) is 16.9 Å². The number of thiazole rings is 1. The molecule has 0 unspecified atom stereocenters.